The number of phenolic OH excluding ortho intramolecular Hbond substituents is 1. The molecule has 11 heteroatoms. The van der Waals surface area contributed by atoms with Crippen molar-refractivity contribution in [2.45, 2.75) is 25.2 Å². The summed E-state index contributed by atoms with van der Waals surface area (Å²) in [4.78, 5) is 72.4. The van der Waals surface area contributed by atoms with Crippen LogP contribution in [0.5, 0.6) is 11.5 Å². The molecule has 1 aromatic heterocycles. The highest BCUT2D eigenvalue weighted by molar-refractivity contribution is 6.05. The molecule has 3 aromatic rings. The van der Waals surface area contributed by atoms with Gasteiger partial charge in [0.25, 0.3) is 5.56 Å². The Bertz CT molecular complexity index is 2820. The Kier molecular flexibility index (Phi) is 6.99. The van der Waals surface area contributed by atoms with Gasteiger partial charge in [0.1, 0.15) is 22.7 Å². The van der Waals surface area contributed by atoms with Crippen molar-refractivity contribution in [3.05, 3.63) is 144 Å². The minimum absolute atomic E-state index is 0.0503. The number of aromatic amines is 1. The molecular formula is C38H30N2O9. The smallest absolute Gasteiger partial charge is 0.260 e. The average molecular weight is 659 g/mol. The van der Waals surface area contributed by atoms with Crippen LogP contribution in [0.2, 0.25) is 0 Å². The van der Waals surface area contributed by atoms with Crippen molar-refractivity contribution < 1.29 is 20.1 Å². The van der Waals surface area contributed by atoms with Crippen LogP contribution in [-0.2, 0) is 11.8 Å². The van der Waals surface area contributed by atoms with Crippen molar-refractivity contribution in [3.63, 3.8) is 0 Å². The van der Waals surface area contributed by atoms with Gasteiger partial charge in [-0.3, -0.25) is 24.0 Å². The maximum Gasteiger partial charge on any atom is 0.260 e. The standard InChI is InChI=1S/C38H30N2O9/c1-5-6-7-8-18-15-21-24(17-9-11-19(12-10-17)40(2)3)20-13-14-38(30(20)34(45)25(21)37(48)39-18)35(46)28-29(36(38)47)33(44)27-26(32(28)43)22(41)16-23(49-4)31(27)42/h5-12,15-16,45-47H,13-14H2,1-4H3,(H,39,48)/b6-5+,8-7+. The molecule has 2 aromatic carbocycles. The summed E-state index contributed by atoms with van der Waals surface area (Å²) in [6.07, 6.45) is 7.10. The number of anilines is 1. The third-order valence-electron chi connectivity index (χ3n) is 9.70. The number of allylic oxidation sites excluding steroid dienone is 3. The van der Waals surface area contributed by atoms with Gasteiger partial charge >= 0.3 is 0 Å². The molecule has 246 valence electrons. The second-order valence-electron chi connectivity index (χ2n) is 12.4. The highest BCUT2D eigenvalue weighted by Crippen LogP contribution is 2.57. The third-order valence-corrected chi connectivity index (χ3v) is 9.70. The number of aromatic hydroxyl groups is 1. The first-order chi connectivity index (χ1) is 23.4. The van der Waals surface area contributed by atoms with Gasteiger partial charge in [-0.2, -0.15) is 0 Å². The number of ether oxygens (including phenoxy) is 1. The normalized spacial score (nSPS) is 16.9. The van der Waals surface area contributed by atoms with E-state index in [0.717, 1.165) is 18.9 Å². The van der Waals surface area contributed by atoms with Crippen molar-refractivity contribution >= 4 is 34.1 Å². The topological polar surface area (TPSA) is 174 Å². The Morgan fingerprint density at radius 1 is 0.857 bits per heavy atom. The molecule has 1 heterocycles. The molecule has 0 saturated carbocycles. The molecule has 1 spiro atoms. The lowest BCUT2D eigenvalue weighted by molar-refractivity contribution is 0.362. The van der Waals surface area contributed by atoms with E-state index >= 15 is 0 Å². The van der Waals surface area contributed by atoms with Crippen molar-refractivity contribution in [1.82, 2.24) is 4.98 Å². The highest BCUT2D eigenvalue weighted by atomic mass is 16.5. The van der Waals surface area contributed by atoms with Gasteiger partial charge < -0.3 is 29.9 Å². The molecular weight excluding hydrogens is 628 g/mol. The van der Waals surface area contributed by atoms with Gasteiger partial charge in [-0.05, 0) is 60.7 Å². The summed E-state index contributed by atoms with van der Waals surface area (Å²) in [6.45, 7) is 1.85. The number of nitrogens with zero attached hydrogens (tertiary/aromatic N) is 1. The molecule has 0 amide bonds. The minimum atomic E-state index is -2.03. The Hall–Kier alpha value is -6.23. The predicted octanol–water partition coefficient (Wildman–Crippen LogP) is 1.84. The first-order valence-corrected chi connectivity index (χ1v) is 15.5. The van der Waals surface area contributed by atoms with Gasteiger partial charge in [-0.25, -0.2) is 0 Å². The molecule has 11 nitrogen and oxygen atoms in total. The van der Waals surface area contributed by atoms with Gasteiger partial charge in [0.05, 0.1) is 33.4 Å². The number of aliphatic hydroxyl groups excluding tert-OH is 2. The number of aromatic nitrogens is 1. The highest BCUT2D eigenvalue weighted by Gasteiger charge is 2.54. The zero-order valence-corrected chi connectivity index (χ0v) is 26.9. The van der Waals surface area contributed by atoms with Crippen LogP contribution < -0.4 is 47.3 Å². The molecule has 0 saturated heterocycles. The SMILES string of the molecule is C/C=C/C=C/c1cc2c(-c3ccc(N(C)C)cc3)c3c(c(O)c2c(=O)[nH]1)C1(CC3)C(O)=c2c(=O)c3c(=O)cc(OC)c(=O)c=3c(=O)c2=C1O. The molecule has 4 aliphatic carbocycles. The number of pyridine rings is 1. The Labute approximate surface area is 276 Å². The molecule has 7 rings (SSSR count). The van der Waals surface area contributed by atoms with E-state index in [2.05, 4.69) is 4.98 Å². The fourth-order valence-electron chi connectivity index (χ4n) is 7.48. The summed E-state index contributed by atoms with van der Waals surface area (Å²) in [5, 5.41) is 33.4. The van der Waals surface area contributed by atoms with Gasteiger partial charge in [0.15, 0.2) is 11.2 Å². The molecule has 1 atom stereocenters. The second-order valence-corrected chi connectivity index (χ2v) is 12.4. The fourth-order valence-corrected chi connectivity index (χ4v) is 7.48. The summed E-state index contributed by atoms with van der Waals surface area (Å²) >= 11 is 0. The van der Waals surface area contributed by atoms with Crippen LogP contribution in [-0.4, -0.2) is 41.5 Å². The molecule has 0 aliphatic heterocycles. The number of rotatable bonds is 5. The summed E-state index contributed by atoms with van der Waals surface area (Å²) in [7, 11) is 4.92. The first kappa shape index (κ1) is 31.4. The number of nitrogens with one attached hydrogen (secondary N) is 1. The zero-order valence-electron chi connectivity index (χ0n) is 26.9. The van der Waals surface area contributed by atoms with E-state index in [1.54, 1.807) is 24.3 Å². The molecule has 49 heavy (non-hydrogen) atoms. The molecule has 4 N–H and O–H groups in total. The number of aliphatic hydroxyl groups is 2. The number of fused-ring (bicyclic) bond motifs is 4. The maximum absolute atomic E-state index is 13.9. The van der Waals surface area contributed by atoms with E-state index in [9.17, 15) is 39.3 Å². The lowest BCUT2D eigenvalue weighted by Crippen LogP contribution is -2.51. The van der Waals surface area contributed by atoms with E-state index in [-0.39, 0.29) is 23.8 Å². The number of H-pyrrole nitrogens is 1. The minimum Gasteiger partial charge on any atom is -0.510 e. The van der Waals surface area contributed by atoms with Crippen LogP contribution in [0.4, 0.5) is 5.69 Å². The largest absolute Gasteiger partial charge is 0.510 e. The van der Waals surface area contributed by atoms with Crippen LogP contribution >= 0.6 is 0 Å². The van der Waals surface area contributed by atoms with E-state index < -0.39 is 76.6 Å². The fraction of sp³-hybridized carbons (Fsp3) is 0.184. The number of hydrogen-bond acceptors (Lipinski definition) is 10. The van der Waals surface area contributed by atoms with Crippen LogP contribution in [0.15, 0.2) is 78.6 Å². The quantitative estimate of drug-likeness (QED) is 0.204. The van der Waals surface area contributed by atoms with Gasteiger partial charge in [0.2, 0.25) is 16.3 Å². The Morgan fingerprint density at radius 2 is 1.51 bits per heavy atom. The number of methoxy groups -OCH3 is 1. The van der Waals surface area contributed by atoms with Crippen molar-refractivity contribution in [2.75, 3.05) is 26.1 Å². The Balaban J connectivity index is 1.66. The maximum atomic E-state index is 13.9. The van der Waals surface area contributed by atoms with Gasteiger partial charge in [-0.1, -0.05) is 30.4 Å². The monoisotopic (exact) mass is 658 g/mol. The lowest BCUT2D eigenvalue weighted by atomic mass is 9.77. The number of benzene rings is 2. The summed E-state index contributed by atoms with van der Waals surface area (Å²) in [6, 6.07) is 10.0. The van der Waals surface area contributed by atoms with E-state index in [4.69, 9.17) is 4.74 Å². The van der Waals surface area contributed by atoms with Crippen LogP contribution in [0.3, 0.4) is 0 Å². The van der Waals surface area contributed by atoms with Crippen LogP contribution in [0, 0.1) is 10.4 Å². The molecule has 0 radical (unpaired) electrons. The van der Waals surface area contributed by atoms with E-state index in [0.29, 0.717) is 27.8 Å². The van der Waals surface area contributed by atoms with Crippen molar-refractivity contribution in [2.24, 2.45) is 0 Å². The summed E-state index contributed by atoms with van der Waals surface area (Å²) in [5.41, 5.74) is -3.88. The molecule has 1 unspecified atom stereocenters. The van der Waals surface area contributed by atoms with E-state index in [1.165, 1.54) is 0 Å². The first-order valence-electron chi connectivity index (χ1n) is 15.5. The summed E-state index contributed by atoms with van der Waals surface area (Å²) in [5.74, 6) is -2.51. The number of hydrogen-bond donors (Lipinski definition) is 4. The van der Waals surface area contributed by atoms with Gasteiger partial charge in [0, 0.05) is 42.5 Å². The van der Waals surface area contributed by atoms with Crippen LogP contribution in [0.25, 0.3) is 39.5 Å². The van der Waals surface area contributed by atoms with Gasteiger partial charge in [-0.15, -0.1) is 0 Å². The lowest BCUT2D eigenvalue weighted by Gasteiger charge is -2.28. The second kappa shape index (κ2) is 10.9. The molecule has 0 fully saturated rings. The zero-order chi connectivity index (χ0) is 35.1. The third kappa shape index (κ3) is 4.11. The van der Waals surface area contributed by atoms with Crippen molar-refractivity contribution in [3.8, 4) is 22.6 Å². The van der Waals surface area contributed by atoms with Crippen molar-refractivity contribution in [1.29, 1.82) is 0 Å². The Morgan fingerprint density at radius 3 is 2.12 bits per heavy atom. The summed E-state index contributed by atoms with van der Waals surface area (Å²) < 4.78 is 4.96. The molecule has 0 bridgehead atoms. The van der Waals surface area contributed by atoms with Crippen LogP contribution in [0.1, 0.15) is 30.2 Å². The predicted molar refractivity (Wildman–Crippen MR) is 187 cm³/mol. The number of phenols is 1. The molecule has 4 aliphatic rings. The average Bonchev–Trinajstić information content (AvgIpc) is 3.57. The van der Waals surface area contributed by atoms with E-state index in [1.807, 2.05) is 56.3 Å².